The number of cyclic esters (lactones) is 1. The van der Waals surface area contributed by atoms with Crippen molar-refractivity contribution in [3.05, 3.63) is 70.2 Å². The van der Waals surface area contributed by atoms with Crippen LogP contribution in [0, 0.1) is 0 Å². The van der Waals surface area contributed by atoms with Crippen LogP contribution in [0.5, 0.6) is 5.75 Å². The smallest absolute Gasteiger partial charge is 0.318 e. The number of rotatable bonds is 6. The first kappa shape index (κ1) is 22.6. The molecule has 6 nitrogen and oxygen atoms in total. The molecule has 1 saturated heterocycles. The zero-order chi connectivity index (χ0) is 23.1. The summed E-state index contributed by atoms with van der Waals surface area (Å²) in [5.41, 5.74) is -1.18. The Morgan fingerprint density at radius 3 is 2.62 bits per heavy atom. The molecule has 0 aliphatic carbocycles. The number of para-hydroxylation sites is 1. The van der Waals surface area contributed by atoms with E-state index in [0.29, 0.717) is 32.6 Å². The number of methoxy groups -OCH3 is 2. The molecule has 0 N–H and O–H groups in total. The van der Waals surface area contributed by atoms with E-state index in [1.807, 2.05) is 0 Å². The summed E-state index contributed by atoms with van der Waals surface area (Å²) in [6.45, 7) is 3.94. The number of anilines is 1. The SMILES string of the molecule is C=CC[C@]1(c2ccccc2OC)C(=O)OCC[C@]12C(=O)N(COC)c1c(Cl)cc(Cl)cc12. The van der Waals surface area contributed by atoms with E-state index < -0.39 is 16.8 Å². The minimum atomic E-state index is -1.44. The molecule has 2 atom stereocenters. The largest absolute Gasteiger partial charge is 0.496 e. The summed E-state index contributed by atoms with van der Waals surface area (Å²) in [5, 5.41) is 0.674. The van der Waals surface area contributed by atoms with Crippen LogP contribution in [0.4, 0.5) is 5.69 Å². The van der Waals surface area contributed by atoms with Crippen molar-refractivity contribution in [3.8, 4) is 5.75 Å². The van der Waals surface area contributed by atoms with Gasteiger partial charge >= 0.3 is 5.97 Å². The highest BCUT2D eigenvalue weighted by atomic mass is 35.5. The summed E-state index contributed by atoms with van der Waals surface area (Å²) < 4.78 is 16.5. The lowest BCUT2D eigenvalue weighted by molar-refractivity contribution is -0.165. The fourth-order valence-corrected chi connectivity index (χ4v) is 5.84. The van der Waals surface area contributed by atoms with Gasteiger partial charge in [0.15, 0.2) is 0 Å². The van der Waals surface area contributed by atoms with Gasteiger partial charge in [-0.05, 0) is 30.2 Å². The van der Waals surface area contributed by atoms with Gasteiger partial charge in [0, 0.05) is 24.1 Å². The second kappa shape index (κ2) is 8.43. The summed E-state index contributed by atoms with van der Waals surface area (Å²) in [4.78, 5) is 29.5. The van der Waals surface area contributed by atoms with Crippen LogP contribution in [0.2, 0.25) is 10.0 Å². The topological polar surface area (TPSA) is 65.1 Å². The minimum Gasteiger partial charge on any atom is -0.496 e. The van der Waals surface area contributed by atoms with Gasteiger partial charge in [0.25, 0.3) is 0 Å². The van der Waals surface area contributed by atoms with Crippen LogP contribution in [-0.4, -0.2) is 39.4 Å². The van der Waals surface area contributed by atoms with Gasteiger partial charge in [0.05, 0.1) is 24.4 Å². The molecule has 4 rings (SSSR count). The van der Waals surface area contributed by atoms with Crippen LogP contribution < -0.4 is 9.64 Å². The molecular formula is C24H23Cl2NO5. The lowest BCUT2D eigenvalue weighted by Crippen LogP contribution is -2.63. The van der Waals surface area contributed by atoms with E-state index in [9.17, 15) is 9.59 Å². The summed E-state index contributed by atoms with van der Waals surface area (Å²) >= 11 is 13.0. The molecule has 2 aliphatic rings. The number of esters is 1. The van der Waals surface area contributed by atoms with Gasteiger partial charge in [-0.2, -0.15) is 0 Å². The van der Waals surface area contributed by atoms with Gasteiger partial charge in [-0.25, -0.2) is 0 Å². The normalized spacial score (nSPS) is 24.4. The molecule has 0 unspecified atom stereocenters. The molecule has 8 heteroatoms. The highest BCUT2D eigenvalue weighted by Crippen LogP contribution is 2.61. The quantitative estimate of drug-likeness (QED) is 0.449. The molecule has 0 bridgehead atoms. The van der Waals surface area contributed by atoms with E-state index in [-0.39, 0.29) is 32.1 Å². The number of carbonyl (C=O) groups is 2. The second-order valence-electron chi connectivity index (χ2n) is 7.82. The van der Waals surface area contributed by atoms with Gasteiger partial charge < -0.3 is 14.2 Å². The maximum atomic E-state index is 14.3. The maximum absolute atomic E-state index is 14.3. The van der Waals surface area contributed by atoms with Crippen molar-refractivity contribution in [1.29, 1.82) is 0 Å². The van der Waals surface area contributed by atoms with Gasteiger partial charge in [-0.15, -0.1) is 6.58 Å². The Hall–Kier alpha value is -2.54. The Balaban J connectivity index is 2.15. The van der Waals surface area contributed by atoms with E-state index in [1.165, 1.54) is 19.1 Å². The molecule has 0 saturated carbocycles. The van der Waals surface area contributed by atoms with Crippen molar-refractivity contribution in [2.75, 3.05) is 32.5 Å². The predicted octanol–water partition coefficient (Wildman–Crippen LogP) is 4.65. The van der Waals surface area contributed by atoms with Crippen molar-refractivity contribution in [2.24, 2.45) is 0 Å². The molecule has 1 amide bonds. The number of ether oxygens (including phenoxy) is 3. The third kappa shape index (κ3) is 2.90. The number of nitrogens with zero attached hydrogens (tertiary/aromatic N) is 1. The molecule has 0 radical (unpaired) electrons. The van der Waals surface area contributed by atoms with Crippen molar-refractivity contribution >= 4 is 40.8 Å². The molecule has 0 aromatic heterocycles. The number of fused-ring (bicyclic) bond motifs is 2. The minimum absolute atomic E-state index is 0.0277. The van der Waals surface area contributed by atoms with Crippen molar-refractivity contribution in [2.45, 2.75) is 23.7 Å². The molecule has 168 valence electrons. The van der Waals surface area contributed by atoms with E-state index in [1.54, 1.807) is 42.5 Å². The molecule has 2 aromatic carbocycles. The highest BCUT2D eigenvalue weighted by Gasteiger charge is 2.70. The van der Waals surface area contributed by atoms with Gasteiger partial charge in [0.1, 0.15) is 23.3 Å². The number of amides is 1. The van der Waals surface area contributed by atoms with Crippen LogP contribution >= 0.6 is 23.2 Å². The fourth-order valence-electron chi connectivity index (χ4n) is 5.25. The Bertz CT molecular complexity index is 1100. The average molecular weight is 476 g/mol. The summed E-state index contributed by atoms with van der Waals surface area (Å²) in [7, 11) is 3.02. The van der Waals surface area contributed by atoms with Gasteiger partial charge in [-0.3, -0.25) is 14.5 Å². The van der Waals surface area contributed by atoms with Crippen molar-refractivity contribution < 1.29 is 23.8 Å². The number of carbonyl (C=O) groups excluding carboxylic acids is 2. The molecule has 1 fully saturated rings. The Labute approximate surface area is 196 Å². The molecule has 2 heterocycles. The van der Waals surface area contributed by atoms with Crippen LogP contribution in [0.3, 0.4) is 0 Å². The van der Waals surface area contributed by atoms with E-state index in [0.717, 1.165) is 0 Å². The molecular weight excluding hydrogens is 453 g/mol. The maximum Gasteiger partial charge on any atom is 0.318 e. The van der Waals surface area contributed by atoms with E-state index in [4.69, 9.17) is 37.4 Å². The Morgan fingerprint density at radius 2 is 1.94 bits per heavy atom. The standard InChI is InChI=1S/C24H23Cl2NO5/c1-4-9-24(16-7-5-6-8-19(16)31-3)22(29)32-11-10-23(24)17-12-15(25)13-18(26)20(17)27(14-30-2)21(23)28/h4-8,12-13H,1,9-11,14H2,2-3H3/t23-,24-/m0/s1. The van der Waals surface area contributed by atoms with Crippen LogP contribution in [0.15, 0.2) is 49.1 Å². The number of hydrogen-bond donors (Lipinski definition) is 0. The monoisotopic (exact) mass is 475 g/mol. The molecule has 2 aliphatic heterocycles. The molecule has 1 spiro atoms. The van der Waals surface area contributed by atoms with E-state index in [2.05, 4.69) is 6.58 Å². The summed E-state index contributed by atoms with van der Waals surface area (Å²) in [6.07, 6.45) is 2.01. The van der Waals surface area contributed by atoms with Crippen LogP contribution in [0.1, 0.15) is 24.0 Å². The Morgan fingerprint density at radius 1 is 1.19 bits per heavy atom. The van der Waals surface area contributed by atoms with Gasteiger partial charge in [-0.1, -0.05) is 47.5 Å². The number of halogens is 2. The number of allylic oxidation sites excluding steroid dienone is 1. The third-order valence-electron chi connectivity index (χ3n) is 6.43. The van der Waals surface area contributed by atoms with Crippen molar-refractivity contribution in [3.63, 3.8) is 0 Å². The van der Waals surface area contributed by atoms with E-state index >= 15 is 0 Å². The zero-order valence-corrected chi connectivity index (χ0v) is 19.3. The average Bonchev–Trinajstić information content (AvgIpc) is 3.00. The first-order valence-electron chi connectivity index (χ1n) is 10.1. The number of hydrogen-bond acceptors (Lipinski definition) is 5. The van der Waals surface area contributed by atoms with Crippen LogP contribution in [0.25, 0.3) is 0 Å². The number of benzene rings is 2. The van der Waals surface area contributed by atoms with Crippen molar-refractivity contribution in [1.82, 2.24) is 0 Å². The first-order valence-corrected chi connectivity index (χ1v) is 10.9. The first-order chi connectivity index (χ1) is 15.4. The van der Waals surface area contributed by atoms with Gasteiger partial charge in [0.2, 0.25) is 5.91 Å². The lowest BCUT2D eigenvalue weighted by Gasteiger charge is -2.49. The predicted molar refractivity (Wildman–Crippen MR) is 123 cm³/mol. The molecule has 2 aromatic rings. The fraction of sp³-hybridized carbons (Fsp3) is 0.333. The molecule has 32 heavy (non-hydrogen) atoms. The summed E-state index contributed by atoms with van der Waals surface area (Å²) in [6, 6.07) is 10.4. The third-order valence-corrected chi connectivity index (χ3v) is 6.94. The highest BCUT2D eigenvalue weighted by molar-refractivity contribution is 6.38. The van der Waals surface area contributed by atoms with Crippen LogP contribution in [-0.2, 0) is 29.9 Å². The lowest BCUT2D eigenvalue weighted by atomic mass is 9.53. The summed E-state index contributed by atoms with van der Waals surface area (Å²) in [5.74, 6) is -0.356. The zero-order valence-electron chi connectivity index (χ0n) is 17.8. The second-order valence-corrected chi connectivity index (χ2v) is 8.67. The Kier molecular flexibility index (Phi) is 5.96.